The molecule has 0 amide bonds. The molecular weight excluding hydrogens is 250 g/mol. The Morgan fingerprint density at radius 2 is 2.16 bits per heavy atom. The minimum atomic E-state index is 0.749. The summed E-state index contributed by atoms with van der Waals surface area (Å²) in [6, 6.07) is 9.67. The fourth-order valence-corrected chi connectivity index (χ4v) is 4.77. The summed E-state index contributed by atoms with van der Waals surface area (Å²) < 4.78 is 0. The van der Waals surface area contributed by atoms with Gasteiger partial charge in [0, 0.05) is 22.7 Å². The lowest BCUT2D eigenvalue weighted by atomic mass is 9.84. The van der Waals surface area contributed by atoms with Crippen molar-refractivity contribution < 1.29 is 0 Å². The van der Waals surface area contributed by atoms with Gasteiger partial charge >= 0.3 is 0 Å². The van der Waals surface area contributed by atoms with Gasteiger partial charge in [0.15, 0.2) is 0 Å². The van der Waals surface area contributed by atoms with Gasteiger partial charge < -0.3 is 5.32 Å². The van der Waals surface area contributed by atoms with E-state index in [-0.39, 0.29) is 0 Å². The number of thioether (sulfide) groups is 1. The first-order valence-electron chi connectivity index (χ1n) is 7.83. The second-order valence-electron chi connectivity index (χ2n) is 6.10. The Balaban J connectivity index is 1.46. The molecule has 2 aliphatic rings. The summed E-state index contributed by atoms with van der Waals surface area (Å²) in [7, 11) is 0. The molecule has 1 aromatic rings. The van der Waals surface area contributed by atoms with Gasteiger partial charge in [0.05, 0.1) is 0 Å². The number of benzene rings is 1. The van der Waals surface area contributed by atoms with E-state index in [2.05, 4.69) is 48.3 Å². The minimum absolute atomic E-state index is 0.749. The Bertz CT molecular complexity index is 392. The molecule has 0 saturated heterocycles. The van der Waals surface area contributed by atoms with Crippen molar-refractivity contribution in [3.8, 4) is 0 Å². The van der Waals surface area contributed by atoms with Gasteiger partial charge in [-0.15, -0.1) is 11.8 Å². The molecule has 1 heterocycles. The highest BCUT2D eigenvalue weighted by atomic mass is 32.2. The zero-order valence-electron chi connectivity index (χ0n) is 11.9. The third kappa shape index (κ3) is 3.35. The van der Waals surface area contributed by atoms with E-state index in [0.29, 0.717) is 0 Å². The van der Waals surface area contributed by atoms with Crippen LogP contribution in [0.5, 0.6) is 0 Å². The van der Waals surface area contributed by atoms with Crippen molar-refractivity contribution in [2.75, 3.05) is 6.54 Å². The third-order valence-corrected chi connectivity index (χ3v) is 6.03. The maximum absolute atomic E-state index is 3.84. The molecule has 1 aliphatic carbocycles. The second kappa shape index (κ2) is 6.32. The van der Waals surface area contributed by atoms with Crippen molar-refractivity contribution in [1.29, 1.82) is 0 Å². The Hall–Kier alpha value is -0.470. The summed E-state index contributed by atoms with van der Waals surface area (Å²) in [6.07, 6.45) is 8.29. The number of fused-ring (bicyclic) bond motifs is 1. The molecule has 1 N–H and O–H groups in total. The molecule has 1 aromatic carbocycles. The molecule has 0 spiro atoms. The summed E-state index contributed by atoms with van der Waals surface area (Å²) in [5, 5.41) is 4.59. The fraction of sp³-hybridized carbons (Fsp3) is 0.647. The van der Waals surface area contributed by atoms with Gasteiger partial charge in [0.1, 0.15) is 0 Å². The topological polar surface area (TPSA) is 12.0 Å². The highest BCUT2D eigenvalue weighted by Crippen LogP contribution is 2.36. The van der Waals surface area contributed by atoms with E-state index >= 15 is 0 Å². The van der Waals surface area contributed by atoms with Gasteiger partial charge in [-0.2, -0.15) is 0 Å². The average molecular weight is 275 g/mol. The summed E-state index contributed by atoms with van der Waals surface area (Å²) in [4.78, 5) is 1.50. The van der Waals surface area contributed by atoms with Crippen molar-refractivity contribution in [1.82, 2.24) is 5.32 Å². The predicted octanol–water partition coefficient (Wildman–Crippen LogP) is 4.26. The Labute approximate surface area is 121 Å². The largest absolute Gasteiger partial charge is 0.313 e. The standard InChI is InChI=1S/C17H25NS/c1-2-13-6-5-8-15(10-13)18-12-16-11-14-7-3-4-9-17(14)19-16/h3-4,7,9,13,15-16,18H,2,5-6,8,10-12H2,1H3. The van der Waals surface area contributed by atoms with E-state index in [1.165, 1.54) is 50.0 Å². The van der Waals surface area contributed by atoms with Gasteiger partial charge in [0.2, 0.25) is 0 Å². The van der Waals surface area contributed by atoms with E-state index in [0.717, 1.165) is 17.2 Å². The van der Waals surface area contributed by atoms with Gasteiger partial charge in [-0.25, -0.2) is 0 Å². The van der Waals surface area contributed by atoms with E-state index in [4.69, 9.17) is 0 Å². The summed E-state index contributed by atoms with van der Waals surface area (Å²) in [5.74, 6) is 0.972. The second-order valence-corrected chi connectivity index (χ2v) is 7.44. The smallest absolute Gasteiger partial charge is 0.0260 e. The molecule has 2 heteroatoms. The zero-order chi connectivity index (χ0) is 13.1. The Kier molecular flexibility index (Phi) is 4.49. The van der Waals surface area contributed by atoms with Crippen LogP contribution < -0.4 is 5.32 Å². The highest BCUT2D eigenvalue weighted by Gasteiger charge is 2.24. The van der Waals surface area contributed by atoms with E-state index < -0.39 is 0 Å². The first-order valence-corrected chi connectivity index (χ1v) is 8.71. The molecule has 1 nitrogen and oxygen atoms in total. The molecular formula is C17H25NS. The summed E-state index contributed by atoms with van der Waals surface area (Å²) in [5.41, 5.74) is 1.55. The van der Waals surface area contributed by atoms with Crippen LogP contribution in [0.25, 0.3) is 0 Å². The monoisotopic (exact) mass is 275 g/mol. The van der Waals surface area contributed by atoms with Crippen LogP contribution in [-0.2, 0) is 6.42 Å². The van der Waals surface area contributed by atoms with E-state index in [1.54, 1.807) is 5.56 Å². The first kappa shape index (κ1) is 13.5. The molecule has 3 unspecified atom stereocenters. The molecule has 0 bridgehead atoms. The molecule has 1 aliphatic heterocycles. The molecule has 3 rings (SSSR count). The number of hydrogen-bond donors (Lipinski definition) is 1. The van der Waals surface area contributed by atoms with Crippen molar-refractivity contribution in [2.24, 2.45) is 5.92 Å². The highest BCUT2D eigenvalue weighted by molar-refractivity contribution is 8.00. The molecule has 104 valence electrons. The zero-order valence-corrected chi connectivity index (χ0v) is 12.7. The van der Waals surface area contributed by atoms with Gasteiger partial charge in [-0.05, 0) is 36.8 Å². The Morgan fingerprint density at radius 1 is 1.26 bits per heavy atom. The van der Waals surface area contributed by atoms with Crippen LogP contribution in [0.4, 0.5) is 0 Å². The van der Waals surface area contributed by atoms with Gasteiger partial charge in [-0.3, -0.25) is 0 Å². The Morgan fingerprint density at radius 3 is 3.00 bits per heavy atom. The number of rotatable bonds is 4. The number of nitrogens with one attached hydrogen (secondary N) is 1. The van der Waals surface area contributed by atoms with E-state index in [9.17, 15) is 0 Å². The summed E-state index contributed by atoms with van der Waals surface area (Å²) in [6.45, 7) is 3.52. The minimum Gasteiger partial charge on any atom is -0.313 e. The van der Waals surface area contributed by atoms with Crippen molar-refractivity contribution in [3.63, 3.8) is 0 Å². The van der Waals surface area contributed by atoms with Crippen LogP contribution in [0.3, 0.4) is 0 Å². The normalized spacial score (nSPS) is 30.3. The van der Waals surface area contributed by atoms with Gasteiger partial charge in [0.25, 0.3) is 0 Å². The molecule has 0 aromatic heterocycles. The third-order valence-electron chi connectivity index (χ3n) is 4.71. The van der Waals surface area contributed by atoms with Crippen molar-refractivity contribution >= 4 is 11.8 Å². The van der Waals surface area contributed by atoms with Gasteiger partial charge in [-0.1, -0.05) is 44.4 Å². The van der Waals surface area contributed by atoms with Crippen LogP contribution in [0.1, 0.15) is 44.6 Å². The van der Waals surface area contributed by atoms with Crippen LogP contribution in [0.2, 0.25) is 0 Å². The molecule has 1 fully saturated rings. The molecule has 1 saturated carbocycles. The van der Waals surface area contributed by atoms with Crippen LogP contribution in [0, 0.1) is 5.92 Å². The fourth-order valence-electron chi connectivity index (χ4n) is 3.51. The predicted molar refractivity (Wildman–Crippen MR) is 83.8 cm³/mol. The maximum atomic E-state index is 3.84. The lowest BCUT2D eigenvalue weighted by Crippen LogP contribution is -2.37. The lowest BCUT2D eigenvalue weighted by Gasteiger charge is -2.30. The maximum Gasteiger partial charge on any atom is 0.0260 e. The van der Waals surface area contributed by atoms with Crippen molar-refractivity contribution in [3.05, 3.63) is 29.8 Å². The van der Waals surface area contributed by atoms with Crippen LogP contribution in [-0.4, -0.2) is 17.8 Å². The summed E-state index contributed by atoms with van der Waals surface area (Å²) >= 11 is 2.07. The molecule has 0 radical (unpaired) electrons. The SMILES string of the molecule is CCC1CCCC(NCC2Cc3ccccc3S2)C1. The quantitative estimate of drug-likeness (QED) is 0.881. The first-order chi connectivity index (χ1) is 9.35. The lowest BCUT2D eigenvalue weighted by molar-refractivity contribution is 0.280. The molecule has 3 atom stereocenters. The van der Waals surface area contributed by atoms with E-state index in [1.807, 2.05) is 0 Å². The molecule has 19 heavy (non-hydrogen) atoms. The van der Waals surface area contributed by atoms with Crippen LogP contribution >= 0.6 is 11.8 Å². The number of hydrogen-bond acceptors (Lipinski definition) is 2. The van der Waals surface area contributed by atoms with Crippen molar-refractivity contribution in [2.45, 2.75) is 61.6 Å². The van der Waals surface area contributed by atoms with Crippen LogP contribution in [0.15, 0.2) is 29.2 Å². The average Bonchev–Trinajstić information content (AvgIpc) is 2.88.